The number of anilines is 2. The maximum atomic E-state index is 13.2. The standard InChI is InChI=1S/C42H38N8O2/c1-26-25-37(44-46-40-30(5)48-50(42(40)52)34-19-13-8-14-20-34)28(3)24-35(26)38(31-15-9-6-10-16-31)32-21-22-36(27(2)23-32)43-45-39-29(4)47-49(41(39)51)33-17-11-7-12-18-33/h6-25,38-40H,1-5H3. The topological polar surface area (TPSA) is 115 Å². The Balaban J connectivity index is 1.14. The van der Waals surface area contributed by atoms with Crippen molar-refractivity contribution in [2.24, 2.45) is 30.7 Å². The molecule has 7 rings (SSSR count). The molecule has 0 saturated heterocycles. The summed E-state index contributed by atoms with van der Waals surface area (Å²) in [5, 5.41) is 29.7. The summed E-state index contributed by atoms with van der Waals surface area (Å²) < 4.78 is 0. The van der Waals surface area contributed by atoms with E-state index in [0.717, 1.165) is 33.4 Å². The highest BCUT2D eigenvalue weighted by molar-refractivity contribution is 6.18. The number of nitrogens with zero attached hydrogens (tertiary/aromatic N) is 8. The van der Waals surface area contributed by atoms with E-state index in [1.54, 1.807) is 13.8 Å². The highest BCUT2D eigenvalue weighted by Gasteiger charge is 2.36. The third-order valence-corrected chi connectivity index (χ3v) is 9.34. The lowest BCUT2D eigenvalue weighted by Crippen LogP contribution is -2.29. The summed E-state index contributed by atoms with van der Waals surface area (Å²) in [4.78, 5) is 26.4. The van der Waals surface area contributed by atoms with Gasteiger partial charge in [0.1, 0.15) is 0 Å². The fraction of sp³-hybridized carbons (Fsp3) is 0.190. The lowest BCUT2D eigenvalue weighted by atomic mass is 9.81. The number of carbonyl (C=O) groups excluding carboxylic acids is 2. The highest BCUT2D eigenvalue weighted by Crippen LogP contribution is 2.38. The second-order valence-corrected chi connectivity index (χ2v) is 13.1. The van der Waals surface area contributed by atoms with Gasteiger partial charge in [-0.1, -0.05) is 84.9 Å². The number of amides is 2. The van der Waals surface area contributed by atoms with Crippen LogP contribution in [0.4, 0.5) is 22.7 Å². The van der Waals surface area contributed by atoms with Gasteiger partial charge in [0.15, 0.2) is 12.1 Å². The molecular weight excluding hydrogens is 649 g/mol. The zero-order chi connectivity index (χ0) is 36.4. The van der Waals surface area contributed by atoms with Crippen LogP contribution in [0.1, 0.15) is 53.1 Å². The molecule has 10 heteroatoms. The number of rotatable bonds is 9. The van der Waals surface area contributed by atoms with Gasteiger partial charge in [-0.3, -0.25) is 9.59 Å². The minimum absolute atomic E-state index is 0.0778. The molecule has 0 spiro atoms. The van der Waals surface area contributed by atoms with Crippen LogP contribution in [0.3, 0.4) is 0 Å². The van der Waals surface area contributed by atoms with Gasteiger partial charge in [-0.2, -0.15) is 40.7 Å². The largest absolute Gasteiger partial charge is 0.280 e. The maximum absolute atomic E-state index is 13.2. The van der Waals surface area contributed by atoms with Gasteiger partial charge >= 0.3 is 0 Å². The molecular formula is C42H38N8O2. The van der Waals surface area contributed by atoms with Gasteiger partial charge in [0.05, 0.1) is 34.2 Å². The third kappa shape index (κ3) is 6.70. The summed E-state index contributed by atoms with van der Waals surface area (Å²) in [7, 11) is 0. The molecule has 0 fully saturated rings. The Morgan fingerprint density at radius 1 is 0.519 bits per heavy atom. The first-order valence-electron chi connectivity index (χ1n) is 17.2. The van der Waals surface area contributed by atoms with E-state index in [0.29, 0.717) is 34.2 Å². The Hall–Kier alpha value is -6.42. The van der Waals surface area contributed by atoms with Gasteiger partial charge in [0, 0.05) is 5.92 Å². The van der Waals surface area contributed by atoms with Crippen molar-refractivity contribution in [2.45, 2.75) is 52.6 Å². The van der Waals surface area contributed by atoms with Crippen LogP contribution in [0.25, 0.3) is 0 Å². The van der Waals surface area contributed by atoms with E-state index < -0.39 is 12.1 Å². The Bertz CT molecular complexity index is 2270. The van der Waals surface area contributed by atoms with E-state index in [1.165, 1.54) is 10.0 Å². The van der Waals surface area contributed by atoms with Crippen LogP contribution in [-0.2, 0) is 9.59 Å². The van der Waals surface area contributed by atoms with Crippen LogP contribution in [-0.4, -0.2) is 35.3 Å². The van der Waals surface area contributed by atoms with E-state index >= 15 is 0 Å². The van der Waals surface area contributed by atoms with E-state index in [-0.39, 0.29) is 17.7 Å². The molecule has 0 radical (unpaired) electrons. The number of para-hydroxylation sites is 2. The number of hydrogen-bond acceptors (Lipinski definition) is 8. The number of hydrazone groups is 2. The highest BCUT2D eigenvalue weighted by atomic mass is 16.2. The third-order valence-electron chi connectivity index (χ3n) is 9.34. The predicted octanol–water partition coefficient (Wildman–Crippen LogP) is 9.54. The summed E-state index contributed by atoms with van der Waals surface area (Å²) in [6.45, 7) is 9.68. The minimum atomic E-state index is -0.777. The average molecular weight is 687 g/mol. The molecule has 2 aliphatic rings. The monoisotopic (exact) mass is 686 g/mol. The summed E-state index contributed by atoms with van der Waals surface area (Å²) in [5.41, 5.74) is 10.2. The van der Waals surface area contributed by atoms with Gasteiger partial charge in [-0.15, -0.1) is 0 Å². The second kappa shape index (κ2) is 14.4. The van der Waals surface area contributed by atoms with Crippen molar-refractivity contribution in [1.29, 1.82) is 0 Å². The molecule has 52 heavy (non-hydrogen) atoms. The zero-order valence-electron chi connectivity index (χ0n) is 29.7. The van der Waals surface area contributed by atoms with Crippen molar-refractivity contribution in [3.05, 3.63) is 155 Å². The van der Waals surface area contributed by atoms with Crippen molar-refractivity contribution in [3.63, 3.8) is 0 Å². The van der Waals surface area contributed by atoms with E-state index in [9.17, 15) is 9.59 Å². The molecule has 2 heterocycles. The predicted molar refractivity (Wildman–Crippen MR) is 205 cm³/mol. The number of aryl methyl sites for hydroxylation is 3. The van der Waals surface area contributed by atoms with E-state index in [4.69, 9.17) is 0 Å². The van der Waals surface area contributed by atoms with E-state index in [2.05, 4.69) is 67.9 Å². The molecule has 258 valence electrons. The van der Waals surface area contributed by atoms with Gasteiger partial charge in [0.25, 0.3) is 11.8 Å². The van der Waals surface area contributed by atoms with Crippen molar-refractivity contribution in [3.8, 4) is 0 Å². The minimum Gasteiger partial charge on any atom is -0.269 e. The van der Waals surface area contributed by atoms with Gasteiger partial charge in [0.2, 0.25) is 0 Å². The fourth-order valence-corrected chi connectivity index (χ4v) is 6.54. The smallest absolute Gasteiger partial charge is 0.269 e. The molecule has 0 N–H and O–H groups in total. The SMILES string of the molecule is CC1=NN(c2ccccc2)C(=O)C1N=Nc1ccc(C(c2ccccc2)c2cc(C)c(N=NC3C(=O)N(c4ccccc4)N=C3C)cc2C)cc1C. The molecule has 5 aromatic carbocycles. The van der Waals surface area contributed by atoms with Gasteiger partial charge in [-0.05, 0) is 104 Å². The lowest BCUT2D eigenvalue weighted by Gasteiger charge is -2.23. The summed E-state index contributed by atoms with van der Waals surface area (Å²) in [5.74, 6) is -0.536. The quantitative estimate of drug-likeness (QED) is 0.114. The molecule has 3 unspecified atom stereocenters. The molecule has 0 bridgehead atoms. The lowest BCUT2D eigenvalue weighted by molar-refractivity contribution is -0.118. The second-order valence-electron chi connectivity index (χ2n) is 13.1. The number of carbonyl (C=O) groups is 2. The molecule has 0 aliphatic carbocycles. The molecule has 5 aromatic rings. The molecule has 10 nitrogen and oxygen atoms in total. The Morgan fingerprint density at radius 3 is 1.52 bits per heavy atom. The molecule has 2 aliphatic heterocycles. The Morgan fingerprint density at radius 2 is 1.00 bits per heavy atom. The summed E-state index contributed by atoms with van der Waals surface area (Å²) >= 11 is 0. The summed E-state index contributed by atoms with van der Waals surface area (Å²) in [6, 6.07) is 37.8. The first-order chi connectivity index (χ1) is 25.2. The average Bonchev–Trinajstić information content (AvgIpc) is 3.61. The van der Waals surface area contributed by atoms with Crippen LogP contribution in [0.15, 0.2) is 152 Å². The van der Waals surface area contributed by atoms with Crippen LogP contribution in [0.2, 0.25) is 0 Å². The Labute approximate surface area is 302 Å². The van der Waals surface area contributed by atoms with Crippen LogP contribution in [0.5, 0.6) is 0 Å². The van der Waals surface area contributed by atoms with Gasteiger partial charge in [-0.25, -0.2) is 0 Å². The van der Waals surface area contributed by atoms with Crippen molar-refractivity contribution in [2.75, 3.05) is 10.0 Å². The van der Waals surface area contributed by atoms with Gasteiger partial charge < -0.3 is 0 Å². The maximum Gasteiger partial charge on any atom is 0.280 e. The fourth-order valence-electron chi connectivity index (χ4n) is 6.54. The van der Waals surface area contributed by atoms with Crippen molar-refractivity contribution in [1.82, 2.24) is 0 Å². The number of hydrogen-bond donors (Lipinski definition) is 0. The molecule has 0 saturated carbocycles. The first kappa shape index (κ1) is 34.0. The molecule has 2 amide bonds. The van der Waals surface area contributed by atoms with Crippen molar-refractivity contribution < 1.29 is 9.59 Å². The number of benzene rings is 5. The molecule has 0 aromatic heterocycles. The van der Waals surface area contributed by atoms with Crippen LogP contribution < -0.4 is 10.0 Å². The first-order valence-corrected chi connectivity index (χ1v) is 17.2. The van der Waals surface area contributed by atoms with Crippen LogP contribution in [0, 0.1) is 20.8 Å². The zero-order valence-corrected chi connectivity index (χ0v) is 29.7. The normalized spacial score (nSPS) is 18.1. The van der Waals surface area contributed by atoms with Crippen LogP contribution >= 0.6 is 0 Å². The van der Waals surface area contributed by atoms with E-state index in [1.807, 2.05) is 105 Å². The summed E-state index contributed by atoms with van der Waals surface area (Å²) in [6.07, 6.45) is 0. The van der Waals surface area contributed by atoms with Crippen molar-refractivity contribution >= 4 is 46.0 Å². The molecule has 3 atom stereocenters. The Kier molecular flexibility index (Phi) is 9.45. The number of azo groups is 2.